The van der Waals surface area contributed by atoms with Gasteiger partial charge in [0.25, 0.3) is 0 Å². The number of nitrogens with one attached hydrogen (secondary N) is 1. The van der Waals surface area contributed by atoms with Crippen molar-refractivity contribution in [2.24, 2.45) is 5.92 Å². The molecule has 0 spiro atoms. The smallest absolute Gasteiger partial charge is 0.0234 e. The van der Waals surface area contributed by atoms with Crippen LogP contribution in [0.2, 0.25) is 0 Å². The third-order valence-electron chi connectivity index (χ3n) is 5.05. The van der Waals surface area contributed by atoms with E-state index in [1.807, 2.05) is 0 Å². The second kappa shape index (κ2) is 6.93. The van der Waals surface area contributed by atoms with Crippen molar-refractivity contribution in [1.29, 1.82) is 0 Å². The van der Waals surface area contributed by atoms with Gasteiger partial charge in [-0.2, -0.15) is 0 Å². The molecule has 2 aliphatic rings. The molecular formula is C19H30N2. The van der Waals surface area contributed by atoms with E-state index in [0.29, 0.717) is 6.04 Å². The first-order valence-electron chi connectivity index (χ1n) is 8.73. The van der Waals surface area contributed by atoms with E-state index < -0.39 is 0 Å². The zero-order chi connectivity index (χ0) is 14.7. The van der Waals surface area contributed by atoms with Crippen molar-refractivity contribution in [3.05, 3.63) is 35.4 Å². The molecule has 1 aromatic rings. The molecule has 1 aromatic carbocycles. The normalized spacial score (nSPS) is 28.1. The molecule has 2 atom stereocenters. The number of hydrogen-bond acceptors (Lipinski definition) is 2. The zero-order valence-corrected chi connectivity index (χ0v) is 13.6. The standard InChI is InChI=1S/C19H30N2/c1-15-6-5-7-17(10-15)13-21-12-16(2)11-19(14-21)20-18-8-3-4-9-18/h5-7,10,16,18-20H,3-4,8-9,11-14H2,1-2H3. The molecule has 1 saturated heterocycles. The molecule has 0 amide bonds. The Morgan fingerprint density at radius 2 is 1.95 bits per heavy atom. The Kier molecular flexibility index (Phi) is 4.97. The van der Waals surface area contributed by atoms with Gasteiger partial charge in [-0.1, -0.05) is 49.6 Å². The maximum absolute atomic E-state index is 3.93. The summed E-state index contributed by atoms with van der Waals surface area (Å²) in [7, 11) is 0. The number of hydrogen-bond donors (Lipinski definition) is 1. The summed E-state index contributed by atoms with van der Waals surface area (Å²) < 4.78 is 0. The van der Waals surface area contributed by atoms with E-state index >= 15 is 0 Å². The highest BCUT2D eigenvalue weighted by Crippen LogP contribution is 2.23. The van der Waals surface area contributed by atoms with Crippen LogP contribution in [-0.2, 0) is 6.54 Å². The van der Waals surface area contributed by atoms with Gasteiger partial charge in [-0.05, 0) is 37.7 Å². The maximum Gasteiger partial charge on any atom is 0.0234 e. The van der Waals surface area contributed by atoms with Gasteiger partial charge in [0.2, 0.25) is 0 Å². The molecule has 2 unspecified atom stereocenters. The van der Waals surface area contributed by atoms with Crippen LogP contribution in [0.25, 0.3) is 0 Å². The Hall–Kier alpha value is -0.860. The van der Waals surface area contributed by atoms with Gasteiger partial charge in [0, 0.05) is 31.7 Å². The average molecular weight is 286 g/mol. The van der Waals surface area contributed by atoms with Gasteiger partial charge >= 0.3 is 0 Å². The van der Waals surface area contributed by atoms with Crippen molar-refractivity contribution in [2.75, 3.05) is 13.1 Å². The number of likely N-dealkylation sites (tertiary alicyclic amines) is 1. The predicted octanol–water partition coefficient (Wildman–Crippen LogP) is 3.74. The SMILES string of the molecule is Cc1cccc(CN2CC(C)CC(NC3CCCC3)C2)c1. The largest absolute Gasteiger partial charge is 0.310 e. The second-order valence-electron chi connectivity index (χ2n) is 7.37. The molecule has 0 bridgehead atoms. The minimum atomic E-state index is 0.696. The van der Waals surface area contributed by atoms with E-state index in [0.717, 1.165) is 18.5 Å². The fourth-order valence-electron chi connectivity index (χ4n) is 4.21. The van der Waals surface area contributed by atoms with Crippen LogP contribution >= 0.6 is 0 Å². The van der Waals surface area contributed by atoms with E-state index in [4.69, 9.17) is 0 Å². The third kappa shape index (κ3) is 4.31. The molecule has 116 valence electrons. The van der Waals surface area contributed by atoms with Crippen molar-refractivity contribution in [3.8, 4) is 0 Å². The van der Waals surface area contributed by atoms with Gasteiger partial charge in [0.05, 0.1) is 0 Å². The molecule has 3 rings (SSSR count). The molecule has 2 fully saturated rings. The summed E-state index contributed by atoms with van der Waals surface area (Å²) in [5, 5.41) is 3.93. The van der Waals surface area contributed by atoms with Crippen LogP contribution in [0.15, 0.2) is 24.3 Å². The first-order chi connectivity index (χ1) is 10.2. The summed E-state index contributed by atoms with van der Waals surface area (Å²) in [6.07, 6.45) is 6.98. The lowest BCUT2D eigenvalue weighted by Gasteiger charge is -2.38. The average Bonchev–Trinajstić information content (AvgIpc) is 2.90. The van der Waals surface area contributed by atoms with Gasteiger partial charge in [0.1, 0.15) is 0 Å². The van der Waals surface area contributed by atoms with E-state index in [2.05, 4.69) is 48.3 Å². The third-order valence-corrected chi connectivity index (χ3v) is 5.05. The number of aryl methyl sites for hydroxylation is 1. The Labute approximate surface area is 129 Å². The Bertz CT molecular complexity index is 451. The highest BCUT2D eigenvalue weighted by atomic mass is 15.2. The van der Waals surface area contributed by atoms with Gasteiger partial charge in [-0.15, -0.1) is 0 Å². The molecule has 1 heterocycles. The lowest BCUT2D eigenvalue weighted by molar-refractivity contribution is 0.136. The number of benzene rings is 1. The maximum atomic E-state index is 3.93. The minimum absolute atomic E-state index is 0.696. The molecule has 0 aromatic heterocycles. The summed E-state index contributed by atoms with van der Waals surface area (Å²) >= 11 is 0. The van der Waals surface area contributed by atoms with Crippen molar-refractivity contribution in [2.45, 2.75) is 64.6 Å². The summed E-state index contributed by atoms with van der Waals surface area (Å²) in [4.78, 5) is 2.65. The zero-order valence-electron chi connectivity index (χ0n) is 13.6. The highest BCUT2D eigenvalue weighted by molar-refractivity contribution is 5.22. The fourth-order valence-corrected chi connectivity index (χ4v) is 4.21. The highest BCUT2D eigenvalue weighted by Gasteiger charge is 2.27. The number of rotatable bonds is 4. The van der Waals surface area contributed by atoms with Crippen LogP contribution in [0.3, 0.4) is 0 Å². The van der Waals surface area contributed by atoms with Crippen molar-refractivity contribution >= 4 is 0 Å². The quantitative estimate of drug-likeness (QED) is 0.907. The Morgan fingerprint density at radius 3 is 2.71 bits per heavy atom. The molecule has 21 heavy (non-hydrogen) atoms. The topological polar surface area (TPSA) is 15.3 Å². The molecule has 2 heteroatoms. The van der Waals surface area contributed by atoms with Gasteiger partial charge in [-0.25, -0.2) is 0 Å². The fraction of sp³-hybridized carbons (Fsp3) is 0.684. The van der Waals surface area contributed by atoms with Crippen LogP contribution in [0.1, 0.15) is 50.2 Å². The summed E-state index contributed by atoms with van der Waals surface area (Å²) in [6, 6.07) is 10.5. The lowest BCUT2D eigenvalue weighted by atomic mass is 9.94. The number of nitrogens with zero attached hydrogens (tertiary/aromatic N) is 1. The molecule has 1 aliphatic carbocycles. The molecule has 1 N–H and O–H groups in total. The van der Waals surface area contributed by atoms with E-state index in [-0.39, 0.29) is 0 Å². The number of piperidine rings is 1. The van der Waals surface area contributed by atoms with Crippen molar-refractivity contribution in [1.82, 2.24) is 10.2 Å². The van der Waals surface area contributed by atoms with Crippen LogP contribution in [0, 0.1) is 12.8 Å². The van der Waals surface area contributed by atoms with Crippen LogP contribution < -0.4 is 5.32 Å². The second-order valence-corrected chi connectivity index (χ2v) is 7.37. The van der Waals surface area contributed by atoms with Crippen molar-refractivity contribution < 1.29 is 0 Å². The first-order valence-corrected chi connectivity index (χ1v) is 8.73. The Balaban J connectivity index is 1.57. The Morgan fingerprint density at radius 1 is 1.14 bits per heavy atom. The van der Waals surface area contributed by atoms with E-state index in [1.54, 1.807) is 0 Å². The summed E-state index contributed by atoms with van der Waals surface area (Å²) in [5.74, 6) is 0.808. The monoisotopic (exact) mass is 286 g/mol. The van der Waals surface area contributed by atoms with Crippen molar-refractivity contribution in [3.63, 3.8) is 0 Å². The molecule has 0 radical (unpaired) electrons. The molecular weight excluding hydrogens is 256 g/mol. The lowest BCUT2D eigenvalue weighted by Crippen LogP contribution is -2.50. The van der Waals surface area contributed by atoms with Crippen LogP contribution in [0.5, 0.6) is 0 Å². The van der Waals surface area contributed by atoms with Crippen LogP contribution in [0.4, 0.5) is 0 Å². The summed E-state index contributed by atoms with van der Waals surface area (Å²) in [5.41, 5.74) is 2.84. The molecule has 1 aliphatic heterocycles. The van der Waals surface area contributed by atoms with Gasteiger partial charge in [0.15, 0.2) is 0 Å². The van der Waals surface area contributed by atoms with Gasteiger partial charge in [-0.3, -0.25) is 4.90 Å². The van der Waals surface area contributed by atoms with Gasteiger partial charge < -0.3 is 5.32 Å². The van der Waals surface area contributed by atoms with E-state index in [1.165, 1.54) is 56.3 Å². The van der Waals surface area contributed by atoms with E-state index in [9.17, 15) is 0 Å². The predicted molar refractivity (Wildman–Crippen MR) is 89.4 cm³/mol. The molecule has 2 nitrogen and oxygen atoms in total. The minimum Gasteiger partial charge on any atom is -0.310 e. The summed E-state index contributed by atoms with van der Waals surface area (Å²) in [6.45, 7) is 8.17. The van der Waals surface area contributed by atoms with Crippen LogP contribution in [-0.4, -0.2) is 30.1 Å². The molecule has 1 saturated carbocycles. The first kappa shape index (κ1) is 15.1.